The number of sulfone groups is 1. The van der Waals surface area contributed by atoms with Gasteiger partial charge in [-0.05, 0) is 112 Å². The Hall–Kier alpha value is -5.08. The smallest absolute Gasteiger partial charge is 0.407 e. The number of halogens is 1. The van der Waals surface area contributed by atoms with Crippen molar-refractivity contribution >= 4 is 33.6 Å². The third kappa shape index (κ3) is 8.13. The van der Waals surface area contributed by atoms with E-state index in [1.54, 1.807) is 44.4 Å². The van der Waals surface area contributed by atoms with Crippen molar-refractivity contribution in [3.05, 3.63) is 108 Å². The van der Waals surface area contributed by atoms with Crippen LogP contribution in [0.15, 0.2) is 89.6 Å². The van der Waals surface area contributed by atoms with Crippen molar-refractivity contribution in [2.45, 2.75) is 66.8 Å². The van der Waals surface area contributed by atoms with Gasteiger partial charge in [0.25, 0.3) is 5.91 Å². The first-order valence-corrected chi connectivity index (χ1v) is 21.6. The zero-order chi connectivity index (χ0) is 41.2. The number of methoxy groups -OCH3 is 1. The highest BCUT2D eigenvalue weighted by atomic mass is 32.2. The summed E-state index contributed by atoms with van der Waals surface area (Å²) in [4.78, 5) is 40.8. The normalized spacial score (nSPS) is 20.3. The van der Waals surface area contributed by atoms with Crippen molar-refractivity contribution < 1.29 is 27.1 Å². The summed E-state index contributed by atoms with van der Waals surface area (Å²) in [5, 5.41) is 3.16. The van der Waals surface area contributed by atoms with Crippen molar-refractivity contribution in [2.75, 3.05) is 58.8 Å². The van der Waals surface area contributed by atoms with Crippen LogP contribution in [-0.2, 0) is 26.5 Å². The highest BCUT2D eigenvalue weighted by Crippen LogP contribution is 2.52. The predicted molar refractivity (Wildman–Crippen MR) is 221 cm³/mol. The topological polar surface area (TPSA) is 130 Å². The number of nitrogens with zero attached hydrogens (tertiary/aromatic N) is 6. The SMILES string of the molecule is C=Cc1cc(S(=O)(=O)c2ccc(N3CC(CN4CCC([C@@](Cn5ccnc5C)(c5cccc(F)c5)[C@H]5CCC[C@@H]5NC(=O)OC)CC4)C3)cc2C(=O)N(C)C)ccn1. The number of nitrogens with one attached hydrogen (secondary N) is 1. The van der Waals surface area contributed by atoms with Crippen LogP contribution in [0.5, 0.6) is 0 Å². The molecule has 308 valence electrons. The lowest BCUT2D eigenvalue weighted by molar-refractivity contribution is 0.0543. The van der Waals surface area contributed by atoms with Crippen LogP contribution in [0.2, 0.25) is 0 Å². The summed E-state index contributed by atoms with van der Waals surface area (Å²) < 4.78 is 50.0. The number of rotatable bonds is 13. The second kappa shape index (κ2) is 17.0. The quantitative estimate of drug-likeness (QED) is 0.168. The minimum absolute atomic E-state index is 0.0429. The maximum Gasteiger partial charge on any atom is 0.407 e. The van der Waals surface area contributed by atoms with Gasteiger partial charge in [0.2, 0.25) is 9.84 Å². The molecule has 2 aromatic heterocycles. The molecule has 58 heavy (non-hydrogen) atoms. The molecule has 7 rings (SSSR count). The molecule has 2 aliphatic heterocycles. The summed E-state index contributed by atoms with van der Waals surface area (Å²) in [5.41, 5.74) is 1.86. The molecule has 0 unspecified atom stereocenters. The zero-order valence-electron chi connectivity index (χ0n) is 33.8. The average molecular weight is 812 g/mol. The predicted octanol–water partition coefficient (Wildman–Crippen LogP) is 6.21. The van der Waals surface area contributed by atoms with Crippen LogP contribution in [0.25, 0.3) is 6.08 Å². The Bertz CT molecular complexity index is 2250. The van der Waals surface area contributed by atoms with Gasteiger partial charge in [0, 0.05) is 81.9 Å². The summed E-state index contributed by atoms with van der Waals surface area (Å²) >= 11 is 0. The first-order valence-electron chi connectivity index (χ1n) is 20.1. The van der Waals surface area contributed by atoms with Gasteiger partial charge in [-0.25, -0.2) is 22.6 Å². The fourth-order valence-electron chi connectivity index (χ4n) is 9.76. The van der Waals surface area contributed by atoms with E-state index in [1.165, 1.54) is 42.5 Å². The van der Waals surface area contributed by atoms with E-state index in [0.29, 0.717) is 18.2 Å². The molecule has 3 atom stereocenters. The molecule has 0 bridgehead atoms. The molecule has 12 nitrogen and oxygen atoms in total. The van der Waals surface area contributed by atoms with E-state index in [0.717, 1.165) is 81.9 Å². The number of hydrogen-bond donors (Lipinski definition) is 1. The summed E-state index contributed by atoms with van der Waals surface area (Å²) in [7, 11) is 0.601. The standard InChI is InChI=1S/C44H54FN7O5S/c1-6-35-24-37(15-18-47-35)58(55,56)41-14-13-36(25-38(41)42(53)49(3)4)52-27-31(28-52)26-50-20-16-32(17-21-50)44(29-51-22-19-46-30(51)2,33-9-7-10-34(45)23-33)39-11-8-12-40(39)48-43(54)57-5/h6-7,9-10,13-15,18-19,22-25,31-32,39-40H,1,8,11-12,16-17,20-21,26-29H2,2-5H3,(H,48,54)/t39-,40-,44-/m0/s1. The number of aromatic nitrogens is 3. The van der Waals surface area contributed by atoms with Crippen LogP contribution in [-0.4, -0.2) is 105 Å². The molecule has 3 aliphatic rings. The highest BCUT2D eigenvalue weighted by molar-refractivity contribution is 7.91. The molecule has 0 radical (unpaired) electrons. The van der Waals surface area contributed by atoms with Crippen LogP contribution < -0.4 is 10.2 Å². The Kier molecular flexibility index (Phi) is 12.1. The van der Waals surface area contributed by atoms with E-state index in [2.05, 4.69) is 42.3 Å². The number of piperidine rings is 1. The van der Waals surface area contributed by atoms with E-state index in [1.807, 2.05) is 19.3 Å². The van der Waals surface area contributed by atoms with Crippen LogP contribution in [0.1, 0.15) is 59.5 Å². The largest absolute Gasteiger partial charge is 0.453 e. The Morgan fingerprint density at radius 3 is 2.48 bits per heavy atom. The second-order valence-electron chi connectivity index (χ2n) is 16.3. The molecular formula is C44H54FN7O5S. The van der Waals surface area contributed by atoms with Gasteiger partial charge in [-0.1, -0.05) is 25.1 Å². The number of alkyl carbamates (subject to hydrolysis) is 1. The maximum atomic E-state index is 15.2. The number of ether oxygens (including phenoxy) is 1. The number of amides is 2. The lowest BCUT2D eigenvalue weighted by Crippen LogP contribution is -2.56. The van der Waals surface area contributed by atoms with Gasteiger partial charge >= 0.3 is 6.09 Å². The van der Waals surface area contributed by atoms with E-state index < -0.39 is 21.3 Å². The fraction of sp³-hybridized carbons (Fsp3) is 0.455. The first-order chi connectivity index (χ1) is 27.8. The van der Waals surface area contributed by atoms with Gasteiger partial charge in [0.15, 0.2) is 0 Å². The number of carbonyl (C=O) groups excluding carboxylic acids is 2. The van der Waals surface area contributed by atoms with Crippen molar-refractivity contribution in [2.24, 2.45) is 17.8 Å². The molecule has 4 aromatic rings. The number of anilines is 1. The molecule has 0 spiro atoms. The fourth-order valence-corrected chi connectivity index (χ4v) is 11.2. The molecule has 3 fully saturated rings. The Balaban J connectivity index is 1.08. The van der Waals surface area contributed by atoms with Gasteiger partial charge in [-0.15, -0.1) is 0 Å². The van der Waals surface area contributed by atoms with Gasteiger partial charge in [-0.3, -0.25) is 9.78 Å². The maximum absolute atomic E-state index is 15.2. The lowest BCUT2D eigenvalue weighted by Gasteiger charge is -2.51. The zero-order valence-corrected chi connectivity index (χ0v) is 34.6. The van der Waals surface area contributed by atoms with Crippen molar-refractivity contribution in [3.63, 3.8) is 0 Å². The Morgan fingerprint density at radius 2 is 1.81 bits per heavy atom. The number of carbonyl (C=O) groups is 2. The van der Waals surface area contributed by atoms with Crippen LogP contribution in [0.4, 0.5) is 14.9 Å². The number of likely N-dealkylation sites (tertiary alicyclic amines) is 1. The van der Waals surface area contributed by atoms with E-state index in [4.69, 9.17) is 4.74 Å². The second-order valence-corrected chi connectivity index (χ2v) is 18.2. The average Bonchev–Trinajstić information content (AvgIpc) is 3.85. The Morgan fingerprint density at radius 1 is 1.03 bits per heavy atom. The van der Waals surface area contributed by atoms with E-state index in [-0.39, 0.29) is 45.0 Å². The Labute approximate surface area is 341 Å². The van der Waals surface area contributed by atoms with Crippen LogP contribution >= 0.6 is 0 Å². The van der Waals surface area contributed by atoms with Crippen LogP contribution in [0, 0.1) is 30.5 Å². The number of hydrogen-bond acceptors (Lipinski definition) is 9. The third-order valence-corrected chi connectivity index (χ3v) is 14.5. The minimum atomic E-state index is -4.02. The number of imidazole rings is 1. The summed E-state index contributed by atoms with van der Waals surface area (Å²) in [6.07, 6.45) is 10.8. The van der Waals surface area contributed by atoms with Gasteiger partial charge in [0.05, 0.1) is 28.2 Å². The number of benzene rings is 2. The molecule has 1 aliphatic carbocycles. The third-order valence-electron chi connectivity index (χ3n) is 12.7. The molecular weight excluding hydrogens is 758 g/mol. The lowest BCUT2D eigenvalue weighted by atomic mass is 9.58. The molecule has 2 saturated heterocycles. The van der Waals surface area contributed by atoms with Gasteiger partial charge < -0.3 is 29.3 Å². The van der Waals surface area contributed by atoms with E-state index >= 15 is 4.39 Å². The number of pyridine rings is 1. The van der Waals surface area contributed by atoms with Crippen molar-refractivity contribution in [1.29, 1.82) is 0 Å². The highest BCUT2D eigenvalue weighted by Gasteiger charge is 2.52. The summed E-state index contributed by atoms with van der Waals surface area (Å²) in [5.74, 6) is 0.915. The minimum Gasteiger partial charge on any atom is -0.453 e. The van der Waals surface area contributed by atoms with Crippen LogP contribution in [0.3, 0.4) is 0 Å². The molecule has 4 heterocycles. The monoisotopic (exact) mass is 811 g/mol. The van der Waals surface area contributed by atoms with Crippen molar-refractivity contribution in [1.82, 2.24) is 29.7 Å². The van der Waals surface area contributed by atoms with Gasteiger partial charge in [-0.2, -0.15) is 0 Å². The van der Waals surface area contributed by atoms with Crippen molar-refractivity contribution in [3.8, 4) is 0 Å². The molecule has 1 saturated carbocycles. The summed E-state index contributed by atoms with van der Waals surface area (Å²) in [6, 6.07) is 14.9. The van der Waals surface area contributed by atoms with E-state index in [9.17, 15) is 18.0 Å². The first kappa shape index (κ1) is 41.1. The molecule has 1 N–H and O–H groups in total. The molecule has 14 heteroatoms. The number of aryl methyl sites for hydroxylation is 1. The van der Waals surface area contributed by atoms with Gasteiger partial charge in [0.1, 0.15) is 11.6 Å². The summed E-state index contributed by atoms with van der Waals surface area (Å²) in [6.45, 7) is 10.6. The molecule has 2 amide bonds. The molecule has 2 aromatic carbocycles.